The molecule has 6 aliphatic rings. The first kappa shape index (κ1) is 39.9. The smallest absolute Gasteiger partial charge is 0.262 e. The molecule has 2 bridgehead atoms. The lowest BCUT2D eigenvalue weighted by Crippen LogP contribution is -2.69. The Bertz CT molecular complexity index is 2440. The van der Waals surface area contributed by atoms with Crippen molar-refractivity contribution in [2.45, 2.75) is 50.2 Å². The third-order valence-electron chi connectivity index (χ3n) is 12.5. The van der Waals surface area contributed by atoms with Gasteiger partial charge < -0.3 is 29.7 Å². The number of hydrogen-bond donors (Lipinski definition) is 3. The van der Waals surface area contributed by atoms with Crippen LogP contribution in [0, 0.1) is 5.92 Å². The number of fused-ring (bicyclic) bond motifs is 3. The molecule has 312 valence electrons. The van der Waals surface area contributed by atoms with E-state index in [1.807, 2.05) is 42.5 Å². The average Bonchev–Trinajstić information content (AvgIpc) is 3.49. The molecular weight excluding hydrogens is 805 g/mol. The fraction of sp³-hybridized carbons (Fsp3) is 0.395. The fourth-order valence-electron chi connectivity index (χ4n) is 9.32. The van der Waals surface area contributed by atoms with Gasteiger partial charge >= 0.3 is 0 Å². The number of para-hydroxylation sites is 1. The number of amides is 4. The molecule has 7 heterocycles. The van der Waals surface area contributed by atoms with E-state index < -0.39 is 36.8 Å². The molecule has 3 unspecified atom stereocenters. The summed E-state index contributed by atoms with van der Waals surface area (Å²) in [7, 11) is -0.914. The molecule has 3 atom stereocenters. The van der Waals surface area contributed by atoms with Crippen LogP contribution in [0.3, 0.4) is 0 Å². The summed E-state index contributed by atoms with van der Waals surface area (Å²) in [6.07, 6.45) is 5.06. The van der Waals surface area contributed by atoms with Crippen LogP contribution in [-0.4, -0.2) is 115 Å². The zero-order chi connectivity index (χ0) is 41.9. The lowest BCUT2D eigenvalue weighted by atomic mass is 9.84. The van der Waals surface area contributed by atoms with Crippen molar-refractivity contribution in [2.75, 3.05) is 73.6 Å². The van der Waals surface area contributed by atoms with Crippen LogP contribution in [0.15, 0.2) is 66.9 Å². The number of nitrogens with zero attached hydrogens (tertiary/aromatic N) is 6. The topological polar surface area (TPSA) is 169 Å². The zero-order valence-electron chi connectivity index (χ0n) is 33.7. The van der Waals surface area contributed by atoms with Crippen molar-refractivity contribution in [3.8, 4) is 5.75 Å². The van der Waals surface area contributed by atoms with Crippen molar-refractivity contribution in [3.63, 3.8) is 0 Å². The Hall–Kier alpha value is -5.50. The third kappa shape index (κ3) is 7.58. The third-order valence-corrected chi connectivity index (χ3v) is 14.3. The lowest BCUT2D eigenvalue weighted by Gasteiger charge is -2.58. The molecule has 0 aliphatic carbocycles. The molecule has 3 aromatic carbocycles. The van der Waals surface area contributed by atoms with Gasteiger partial charge in [-0.15, -0.1) is 0 Å². The highest BCUT2D eigenvalue weighted by Crippen LogP contribution is 2.41. The van der Waals surface area contributed by atoms with Gasteiger partial charge in [0.05, 0.1) is 35.8 Å². The van der Waals surface area contributed by atoms with Crippen LogP contribution in [0.25, 0.3) is 0 Å². The molecule has 3 N–H and O–H groups in total. The molecule has 17 heteroatoms. The van der Waals surface area contributed by atoms with Crippen molar-refractivity contribution in [3.05, 3.63) is 83.0 Å². The van der Waals surface area contributed by atoms with E-state index in [2.05, 4.69) is 46.7 Å². The Labute approximate surface area is 353 Å². The van der Waals surface area contributed by atoms with Gasteiger partial charge in [-0.05, 0) is 87.4 Å². The number of anilines is 6. The Morgan fingerprint density at radius 2 is 1.58 bits per heavy atom. The van der Waals surface area contributed by atoms with E-state index in [1.165, 1.54) is 6.20 Å². The minimum atomic E-state index is -2.56. The number of hydrogen-bond acceptors (Lipinski definition) is 13. The molecule has 4 aromatic rings. The summed E-state index contributed by atoms with van der Waals surface area (Å²) >= 11 is 6.48. The van der Waals surface area contributed by atoms with E-state index in [0.717, 1.165) is 68.3 Å². The number of aromatic nitrogens is 2. The summed E-state index contributed by atoms with van der Waals surface area (Å²) in [4.78, 5) is 68.2. The van der Waals surface area contributed by atoms with Gasteiger partial charge in [-0.2, -0.15) is 4.98 Å². The first-order valence-corrected chi connectivity index (χ1v) is 23.3. The number of halogens is 1. The summed E-state index contributed by atoms with van der Waals surface area (Å²) in [5.41, 5.74) is 4.00. The summed E-state index contributed by atoms with van der Waals surface area (Å²) in [5.74, 6) is 0.0143. The molecule has 15 nitrogen and oxygen atoms in total. The first-order chi connectivity index (χ1) is 28.8. The van der Waals surface area contributed by atoms with E-state index in [-0.39, 0.29) is 12.8 Å². The monoisotopic (exact) mass is 851 g/mol. The Balaban J connectivity index is 0.786. The summed E-state index contributed by atoms with van der Waals surface area (Å²) < 4.78 is 18.7. The Morgan fingerprint density at radius 1 is 0.867 bits per heavy atom. The van der Waals surface area contributed by atoms with E-state index >= 15 is 0 Å². The SMILES string of the molecule is COc1cc(N2CCC(CN3C4CC3CN(c3ccc5c(c3)C(=O)N(C3CCC(=O)NC3=O)C5=O)C4)CC2)ccc1Nc1ncc(Cl)c(Nc2ccccc2P(C)(C)=O)n1. The second kappa shape index (κ2) is 15.8. The number of carbonyl (C=O) groups excluding carboxylic acids is 4. The van der Waals surface area contributed by atoms with Crippen molar-refractivity contribution in [1.82, 2.24) is 25.1 Å². The number of rotatable bonds is 11. The number of benzene rings is 3. The van der Waals surface area contributed by atoms with Gasteiger partial charge in [0.15, 0.2) is 5.82 Å². The Morgan fingerprint density at radius 3 is 2.32 bits per heavy atom. The standard InChI is InChI=1S/C43H47ClN9O6P/c1-59-36-20-27(9-11-33(36)47-43-45-21-32(44)39(49-43)46-34-6-4-5-7-37(34)60(2,3)58)50-16-14-25(15-17-50)22-52-28-18-29(52)24-51(23-28)26-8-10-30-31(19-26)42(57)53(41(30)56)35-12-13-38(54)48-40(35)55/h4-11,19-21,25,28-29,35H,12-18,22-24H2,1-3H3,(H,48,54,55)(H2,45,46,47,49). The normalized spacial score (nSPS) is 22.1. The Kier molecular flexibility index (Phi) is 10.5. The number of methoxy groups -OCH3 is 1. The molecule has 0 saturated carbocycles. The molecular formula is C43H47ClN9O6P. The van der Waals surface area contributed by atoms with Gasteiger partial charge in [0.1, 0.15) is 24.0 Å². The summed E-state index contributed by atoms with van der Waals surface area (Å²) in [5, 5.41) is 9.82. The van der Waals surface area contributed by atoms with Crippen LogP contribution in [0.5, 0.6) is 5.75 Å². The number of piperazine rings is 1. The maximum Gasteiger partial charge on any atom is 0.262 e. The van der Waals surface area contributed by atoms with Gasteiger partial charge in [-0.25, -0.2) is 4.98 Å². The molecule has 60 heavy (non-hydrogen) atoms. The highest BCUT2D eigenvalue weighted by atomic mass is 35.5. The van der Waals surface area contributed by atoms with Crippen molar-refractivity contribution >= 4 is 82.2 Å². The molecule has 5 fully saturated rings. The minimum absolute atomic E-state index is 0.0921. The van der Waals surface area contributed by atoms with Crippen molar-refractivity contribution < 1.29 is 28.5 Å². The van der Waals surface area contributed by atoms with Gasteiger partial charge in [-0.1, -0.05) is 23.7 Å². The average molecular weight is 852 g/mol. The minimum Gasteiger partial charge on any atom is -0.494 e. The number of imide groups is 2. The second-order valence-electron chi connectivity index (χ2n) is 16.6. The maximum absolute atomic E-state index is 13.4. The lowest BCUT2D eigenvalue weighted by molar-refractivity contribution is -0.136. The molecule has 4 amide bonds. The van der Waals surface area contributed by atoms with Gasteiger partial charge in [0.2, 0.25) is 17.8 Å². The molecule has 0 spiro atoms. The van der Waals surface area contributed by atoms with Crippen molar-refractivity contribution in [1.29, 1.82) is 0 Å². The van der Waals surface area contributed by atoms with E-state index in [4.69, 9.17) is 16.3 Å². The molecule has 6 aliphatic heterocycles. The molecule has 10 rings (SSSR count). The molecule has 5 saturated heterocycles. The van der Waals surface area contributed by atoms with E-state index in [9.17, 15) is 23.7 Å². The zero-order valence-corrected chi connectivity index (χ0v) is 35.3. The van der Waals surface area contributed by atoms with Crippen LogP contribution < -0.4 is 35.8 Å². The first-order valence-electron chi connectivity index (χ1n) is 20.3. The summed E-state index contributed by atoms with van der Waals surface area (Å²) in [6, 6.07) is 18.8. The fourth-order valence-corrected chi connectivity index (χ4v) is 10.6. The number of ether oxygens (including phenoxy) is 1. The van der Waals surface area contributed by atoms with Gasteiger partial charge in [-0.3, -0.25) is 34.3 Å². The van der Waals surface area contributed by atoms with Crippen LogP contribution in [0.2, 0.25) is 5.02 Å². The quantitative estimate of drug-likeness (QED) is 0.129. The van der Waals surface area contributed by atoms with Crippen LogP contribution >= 0.6 is 18.7 Å². The molecule has 1 aromatic heterocycles. The number of carbonyl (C=O) groups is 4. The number of nitrogens with one attached hydrogen (secondary N) is 3. The van der Waals surface area contributed by atoms with Crippen LogP contribution in [0.1, 0.15) is 52.8 Å². The highest BCUT2D eigenvalue weighted by Gasteiger charge is 2.47. The van der Waals surface area contributed by atoms with Gasteiger partial charge in [0, 0.05) is 74.0 Å². The van der Waals surface area contributed by atoms with Crippen LogP contribution in [-0.2, 0) is 14.2 Å². The highest BCUT2D eigenvalue weighted by molar-refractivity contribution is 7.70. The van der Waals surface area contributed by atoms with Crippen LogP contribution in [0.4, 0.5) is 34.5 Å². The second-order valence-corrected chi connectivity index (χ2v) is 20.2. The van der Waals surface area contributed by atoms with Gasteiger partial charge in [0.25, 0.3) is 11.8 Å². The van der Waals surface area contributed by atoms with Crippen molar-refractivity contribution in [2.24, 2.45) is 5.92 Å². The largest absolute Gasteiger partial charge is 0.494 e. The summed E-state index contributed by atoms with van der Waals surface area (Å²) in [6.45, 7) is 8.08. The maximum atomic E-state index is 13.4. The van der Waals surface area contributed by atoms with E-state index in [0.29, 0.717) is 68.3 Å². The number of piperidine rings is 3. The predicted octanol–water partition coefficient (Wildman–Crippen LogP) is 5.45. The molecule has 0 radical (unpaired) electrons. The predicted molar refractivity (Wildman–Crippen MR) is 231 cm³/mol. The van der Waals surface area contributed by atoms with E-state index in [1.54, 1.807) is 32.6 Å².